The molecule has 14 heteroatoms. The van der Waals surface area contributed by atoms with Gasteiger partial charge in [0, 0.05) is 39.4 Å². The summed E-state index contributed by atoms with van der Waals surface area (Å²) in [5.74, 6) is -0.612. The molecule has 1 unspecified atom stereocenters. The summed E-state index contributed by atoms with van der Waals surface area (Å²) in [6.45, 7) is 1.92. The van der Waals surface area contributed by atoms with E-state index in [0.717, 1.165) is 20.2 Å². The number of ether oxygens (including phenoxy) is 1. The van der Waals surface area contributed by atoms with Crippen LogP contribution in [0.3, 0.4) is 0 Å². The van der Waals surface area contributed by atoms with Crippen molar-refractivity contribution in [2.24, 2.45) is 0 Å². The summed E-state index contributed by atoms with van der Waals surface area (Å²) in [5.41, 5.74) is 1.78. The molecule has 2 atom stereocenters. The van der Waals surface area contributed by atoms with Gasteiger partial charge in [-0.15, -0.1) is 0 Å². The Labute approximate surface area is 245 Å². The molecule has 0 saturated heterocycles. The van der Waals surface area contributed by atoms with Gasteiger partial charge < -0.3 is 25.8 Å². The zero-order valence-electron chi connectivity index (χ0n) is 23.7. The summed E-state index contributed by atoms with van der Waals surface area (Å²) in [6, 6.07) is 14.5. The molecule has 3 aromatic rings. The smallest absolute Gasteiger partial charge is 0.408 e. The number of aliphatic hydroxyl groups is 1. The normalized spacial score (nSPS) is 12.8. The molecule has 0 aliphatic rings. The minimum Gasteiger partial charge on any atom is -0.445 e. The van der Waals surface area contributed by atoms with Gasteiger partial charge in [-0.2, -0.15) is 12.7 Å². The van der Waals surface area contributed by atoms with Crippen molar-refractivity contribution in [3.8, 4) is 0 Å². The second kappa shape index (κ2) is 15.1. The van der Waals surface area contributed by atoms with Crippen LogP contribution in [0.1, 0.15) is 49.1 Å². The highest BCUT2D eigenvalue weighted by atomic mass is 32.2. The number of alkyl carbamates (subject to hydrolysis) is 1. The number of unbranched alkanes of at least 4 members (excludes halogenated alkanes) is 1. The van der Waals surface area contributed by atoms with E-state index in [4.69, 9.17) is 4.74 Å². The molecular formula is C28H36N6O7S. The van der Waals surface area contributed by atoms with E-state index in [1.54, 1.807) is 24.3 Å². The third kappa shape index (κ3) is 9.39. The predicted molar refractivity (Wildman–Crippen MR) is 155 cm³/mol. The number of carbonyl (C=O) groups is 3. The monoisotopic (exact) mass is 600 g/mol. The summed E-state index contributed by atoms with van der Waals surface area (Å²) in [7, 11) is -0.996. The molecule has 2 aromatic carbocycles. The quantitative estimate of drug-likeness (QED) is 0.204. The van der Waals surface area contributed by atoms with Crippen molar-refractivity contribution in [1.29, 1.82) is 0 Å². The van der Waals surface area contributed by atoms with Crippen molar-refractivity contribution in [3.63, 3.8) is 0 Å². The van der Waals surface area contributed by atoms with E-state index in [9.17, 15) is 27.9 Å². The average molecular weight is 601 g/mol. The number of rotatable bonds is 14. The van der Waals surface area contributed by atoms with Crippen LogP contribution >= 0.6 is 0 Å². The lowest BCUT2D eigenvalue weighted by Gasteiger charge is -2.19. The molecule has 0 radical (unpaired) electrons. The van der Waals surface area contributed by atoms with E-state index in [0.29, 0.717) is 37.1 Å². The lowest BCUT2D eigenvalue weighted by molar-refractivity contribution is -0.119. The average Bonchev–Trinajstić information content (AvgIpc) is 3.47. The topological polar surface area (TPSA) is 172 Å². The number of imidazole rings is 1. The molecule has 3 amide bonds. The molecule has 226 valence electrons. The fourth-order valence-electron chi connectivity index (χ4n) is 3.84. The molecule has 0 aliphatic carbocycles. The highest BCUT2D eigenvalue weighted by molar-refractivity contribution is 7.87. The number of aliphatic hydroxyl groups excluding tert-OH is 1. The van der Waals surface area contributed by atoms with Crippen LogP contribution in [0.5, 0.6) is 0 Å². The summed E-state index contributed by atoms with van der Waals surface area (Å²) in [5, 5.41) is 18.8. The maximum absolute atomic E-state index is 13.1. The molecule has 13 nitrogen and oxygen atoms in total. The largest absolute Gasteiger partial charge is 0.445 e. The first kappa shape index (κ1) is 32.2. The maximum atomic E-state index is 13.1. The summed E-state index contributed by atoms with van der Waals surface area (Å²) in [6.07, 6.45) is 1.87. The predicted octanol–water partition coefficient (Wildman–Crippen LogP) is 2.16. The second-order valence-electron chi connectivity index (χ2n) is 9.67. The fourth-order valence-corrected chi connectivity index (χ4v) is 4.62. The molecule has 0 fully saturated rings. The summed E-state index contributed by atoms with van der Waals surface area (Å²) in [4.78, 5) is 40.7. The fraction of sp³-hybridized carbons (Fsp3) is 0.357. The minimum absolute atomic E-state index is 0.0483. The van der Waals surface area contributed by atoms with Gasteiger partial charge in [-0.1, -0.05) is 42.5 Å². The number of carbonyl (C=O) groups excluding carboxylic acids is 3. The van der Waals surface area contributed by atoms with E-state index in [-0.39, 0.29) is 18.2 Å². The molecule has 0 spiro atoms. The van der Waals surface area contributed by atoms with Crippen molar-refractivity contribution in [2.45, 2.75) is 44.9 Å². The highest BCUT2D eigenvalue weighted by Gasteiger charge is 2.23. The Morgan fingerprint density at radius 3 is 2.38 bits per heavy atom. The number of anilines is 1. The molecule has 0 saturated carbocycles. The van der Waals surface area contributed by atoms with Crippen molar-refractivity contribution in [2.75, 3.05) is 26.0 Å². The van der Waals surface area contributed by atoms with Crippen LogP contribution in [0.4, 0.5) is 10.5 Å². The molecule has 0 aliphatic heterocycles. The number of hydrogen-bond acceptors (Lipinski definition) is 8. The Morgan fingerprint density at radius 1 is 1.05 bits per heavy atom. The van der Waals surface area contributed by atoms with Crippen LogP contribution in [0.2, 0.25) is 0 Å². The van der Waals surface area contributed by atoms with Gasteiger partial charge >= 0.3 is 16.3 Å². The Balaban J connectivity index is 1.63. The number of nitrogens with one attached hydrogen (secondary N) is 3. The van der Waals surface area contributed by atoms with Crippen LogP contribution in [0.15, 0.2) is 67.1 Å². The van der Waals surface area contributed by atoms with Gasteiger partial charge in [0.05, 0.1) is 5.69 Å². The van der Waals surface area contributed by atoms with Crippen molar-refractivity contribution < 1.29 is 32.6 Å². The zero-order valence-corrected chi connectivity index (χ0v) is 24.5. The third-order valence-corrected chi connectivity index (χ3v) is 7.85. The highest BCUT2D eigenvalue weighted by Crippen LogP contribution is 2.23. The van der Waals surface area contributed by atoms with E-state index in [1.807, 2.05) is 30.3 Å². The molecule has 0 bridgehead atoms. The van der Waals surface area contributed by atoms with E-state index >= 15 is 0 Å². The van der Waals surface area contributed by atoms with Gasteiger partial charge in [0.1, 0.15) is 25.1 Å². The third-order valence-electron chi connectivity index (χ3n) is 6.20. The van der Waals surface area contributed by atoms with Crippen LogP contribution in [-0.2, 0) is 31.1 Å². The number of hydrogen-bond donors (Lipinski definition) is 4. The van der Waals surface area contributed by atoms with Gasteiger partial charge in [0.25, 0.3) is 0 Å². The molecule has 1 heterocycles. The Morgan fingerprint density at radius 2 is 1.74 bits per heavy atom. The summed E-state index contributed by atoms with van der Waals surface area (Å²) >= 11 is 0. The van der Waals surface area contributed by atoms with Gasteiger partial charge in [-0.05, 0) is 42.5 Å². The standard InChI is InChI=1S/C28H36N6O7S/c1-20(35)29-16-8-7-11-24(32-28(38)41-18-21-9-5-4-6-10-21)27(37)31-23-14-12-22(13-15-23)26(36)25-17-34(19-30-25)42(39,40)33(2)3/h4-6,9-10,12-15,17,19,24,26,36H,7-8,11,16,18H2,1-3H3,(H,29,35)(H,31,37)(H,32,38)/t24-,26?/m0/s1. The maximum Gasteiger partial charge on any atom is 0.408 e. The first-order valence-corrected chi connectivity index (χ1v) is 14.6. The Bertz CT molecular complexity index is 1440. The van der Waals surface area contributed by atoms with Crippen LogP contribution < -0.4 is 16.0 Å². The molecule has 42 heavy (non-hydrogen) atoms. The van der Waals surface area contributed by atoms with Crippen molar-refractivity contribution in [1.82, 2.24) is 23.9 Å². The van der Waals surface area contributed by atoms with Gasteiger partial charge in [-0.25, -0.2) is 13.8 Å². The van der Waals surface area contributed by atoms with Crippen molar-refractivity contribution >= 4 is 33.8 Å². The minimum atomic E-state index is -3.77. The molecule has 4 N–H and O–H groups in total. The van der Waals surface area contributed by atoms with Gasteiger partial charge in [-0.3, -0.25) is 9.59 Å². The SMILES string of the molecule is CC(=O)NCCCC[C@H](NC(=O)OCc1ccccc1)C(=O)Nc1ccc(C(O)c2cn(S(=O)(=O)N(C)C)cn2)cc1. The first-order chi connectivity index (χ1) is 20.0. The van der Waals surface area contributed by atoms with Crippen molar-refractivity contribution in [3.05, 3.63) is 83.9 Å². The lowest BCUT2D eigenvalue weighted by Crippen LogP contribution is -2.44. The van der Waals surface area contributed by atoms with Gasteiger partial charge in [0.15, 0.2) is 0 Å². The molecular weight excluding hydrogens is 564 g/mol. The van der Waals surface area contributed by atoms with Crippen LogP contribution in [-0.4, -0.2) is 71.4 Å². The van der Waals surface area contributed by atoms with Gasteiger partial charge in [0.2, 0.25) is 11.8 Å². The van der Waals surface area contributed by atoms with Crippen LogP contribution in [0, 0.1) is 0 Å². The number of aromatic nitrogens is 2. The van der Waals surface area contributed by atoms with E-state index < -0.39 is 34.4 Å². The Kier molecular flexibility index (Phi) is 11.6. The molecule has 3 rings (SSSR count). The Hall–Kier alpha value is -4.27. The number of benzene rings is 2. The first-order valence-electron chi connectivity index (χ1n) is 13.2. The van der Waals surface area contributed by atoms with Crippen LogP contribution in [0.25, 0.3) is 0 Å². The second-order valence-corrected chi connectivity index (χ2v) is 11.7. The number of amides is 3. The van der Waals surface area contributed by atoms with E-state index in [1.165, 1.54) is 27.2 Å². The molecule has 1 aromatic heterocycles. The zero-order chi connectivity index (χ0) is 30.7. The summed E-state index contributed by atoms with van der Waals surface area (Å²) < 4.78 is 31.8. The van der Waals surface area contributed by atoms with E-state index in [2.05, 4.69) is 20.9 Å². The number of nitrogens with zero attached hydrogens (tertiary/aromatic N) is 3. The lowest BCUT2D eigenvalue weighted by atomic mass is 10.1.